The molecule has 0 aliphatic carbocycles. The summed E-state index contributed by atoms with van der Waals surface area (Å²) in [6, 6.07) is 13.0. The number of carbonyl (C=O) groups excluding carboxylic acids is 3. The molecule has 28 heavy (non-hydrogen) atoms. The van der Waals surface area contributed by atoms with E-state index in [4.69, 9.17) is 4.74 Å². The molecule has 0 atom stereocenters. The van der Waals surface area contributed by atoms with Gasteiger partial charge in [0, 0.05) is 17.5 Å². The van der Waals surface area contributed by atoms with E-state index < -0.39 is 23.5 Å². The van der Waals surface area contributed by atoms with Crippen molar-refractivity contribution in [1.29, 1.82) is 0 Å². The molecule has 146 valence electrons. The first-order valence-electron chi connectivity index (χ1n) is 8.71. The highest BCUT2D eigenvalue weighted by Crippen LogP contribution is 2.21. The SMILES string of the molecule is CCOC(=O)C(=O)/C=C(O)/C(=C/c1ccc(-c2ccccc2)[nH]1)C(=O)OCC. The number of H-pyrrole nitrogens is 1. The number of aromatic nitrogens is 1. The third-order valence-corrected chi connectivity index (χ3v) is 3.61. The van der Waals surface area contributed by atoms with Crippen LogP contribution in [0, 0.1) is 0 Å². The minimum absolute atomic E-state index is 0.0183. The van der Waals surface area contributed by atoms with Crippen LogP contribution in [0.25, 0.3) is 17.3 Å². The molecule has 0 saturated heterocycles. The summed E-state index contributed by atoms with van der Waals surface area (Å²) in [5, 5.41) is 10.2. The highest BCUT2D eigenvalue weighted by atomic mass is 16.5. The molecular formula is C21H21NO6. The number of ether oxygens (including phenoxy) is 2. The minimum Gasteiger partial charge on any atom is -0.507 e. The zero-order valence-electron chi connectivity index (χ0n) is 15.6. The summed E-state index contributed by atoms with van der Waals surface area (Å²) < 4.78 is 9.51. The molecule has 0 saturated carbocycles. The van der Waals surface area contributed by atoms with Crippen LogP contribution in [-0.2, 0) is 23.9 Å². The van der Waals surface area contributed by atoms with Crippen LogP contribution in [0.4, 0.5) is 0 Å². The van der Waals surface area contributed by atoms with Gasteiger partial charge < -0.3 is 19.6 Å². The predicted molar refractivity (Wildman–Crippen MR) is 103 cm³/mol. The molecule has 7 heteroatoms. The first-order valence-corrected chi connectivity index (χ1v) is 8.71. The zero-order valence-corrected chi connectivity index (χ0v) is 15.6. The van der Waals surface area contributed by atoms with Crippen molar-refractivity contribution in [2.45, 2.75) is 13.8 Å². The summed E-state index contributed by atoms with van der Waals surface area (Å²) in [6.45, 7) is 3.26. The Labute approximate surface area is 162 Å². The molecule has 0 unspecified atom stereocenters. The Bertz CT molecular complexity index is 908. The maximum absolute atomic E-state index is 12.2. The third kappa shape index (κ3) is 5.44. The molecule has 0 radical (unpaired) electrons. The molecule has 0 aliphatic rings. The lowest BCUT2D eigenvalue weighted by atomic mass is 10.1. The Kier molecular flexibility index (Phi) is 7.33. The number of esters is 2. The van der Waals surface area contributed by atoms with Crippen LogP contribution in [0.3, 0.4) is 0 Å². The molecule has 2 N–H and O–H groups in total. The molecule has 0 spiro atoms. The maximum atomic E-state index is 12.2. The van der Waals surface area contributed by atoms with Crippen molar-refractivity contribution < 1.29 is 29.0 Å². The Morgan fingerprint density at radius 2 is 1.61 bits per heavy atom. The van der Waals surface area contributed by atoms with Gasteiger partial charge in [-0.05, 0) is 37.6 Å². The summed E-state index contributed by atoms with van der Waals surface area (Å²) in [6.07, 6.45) is 1.98. The largest absolute Gasteiger partial charge is 0.507 e. The minimum atomic E-state index is -1.12. The van der Waals surface area contributed by atoms with Crippen LogP contribution < -0.4 is 0 Å². The van der Waals surface area contributed by atoms with Gasteiger partial charge in [-0.3, -0.25) is 4.79 Å². The van der Waals surface area contributed by atoms with Crippen LogP contribution in [0.1, 0.15) is 19.5 Å². The Morgan fingerprint density at radius 3 is 2.25 bits per heavy atom. The van der Waals surface area contributed by atoms with Gasteiger partial charge in [0.1, 0.15) is 11.3 Å². The summed E-state index contributed by atoms with van der Waals surface area (Å²) in [7, 11) is 0. The van der Waals surface area contributed by atoms with Crippen molar-refractivity contribution >= 4 is 23.8 Å². The van der Waals surface area contributed by atoms with Crippen molar-refractivity contribution in [2.75, 3.05) is 13.2 Å². The fourth-order valence-corrected chi connectivity index (χ4v) is 2.35. The number of ketones is 1. The highest BCUT2D eigenvalue weighted by molar-refractivity contribution is 6.38. The van der Waals surface area contributed by atoms with Gasteiger partial charge in [0.05, 0.1) is 13.2 Å². The Hall–Kier alpha value is -3.61. The Morgan fingerprint density at radius 1 is 0.964 bits per heavy atom. The van der Waals surface area contributed by atoms with E-state index in [2.05, 4.69) is 9.72 Å². The van der Waals surface area contributed by atoms with Gasteiger partial charge in [-0.1, -0.05) is 30.3 Å². The van der Waals surface area contributed by atoms with Crippen LogP contribution >= 0.6 is 0 Å². The quantitative estimate of drug-likeness (QED) is 0.238. The van der Waals surface area contributed by atoms with Crippen LogP contribution in [0.5, 0.6) is 0 Å². The van der Waals surface area contributed by atoms with Crippen LogP contribution in [-0.4, -0.2) is 41.0 Å². The van der Waals surface area contributed by atoms with Gasteiger partial charge in [-0.25, -0.2) is 9.59 Å². The molecule has 1 aromatic heterocycles. The molecule has 7 nitrogen and oxygen atoms in total. The van der Waals surface area contributed by atoms with Crippen molar-refractivity contribution in [3.63, 3.8) is 0 Å². The lowest BCUT2D eigenvalue weighted by molar-refractivity contribution is -0.151. The number of hydrogen-bond donors (Lipinski definition) is 2. The number of aromatic amines is 1. The smallest absolute Gasteiger partial charge is 0.379 e. The van der Waals surface area contributed by atoms with Gasteiger partial charge >= 0.3 is 11.9 Å². The van der Waals surface area contributed by atoms with Gasteiger partial charge in [-0.15, -0.1) is 0 Å². The Balaban J connectivity index is 2.35. The summed E-state index contributed by atoms with van der Waals surface area (Å²) in [5.41, 5.74) is 1.99. The summed E-state index contributed by atoms with van der Waals surface area (Å²) >= 11 is 0. The monoisotopic (exact) mass is 383 g/mol. The van der Waals surface area contributed by atoms with E-state index in [0.29, 0.717) is 11.8 Å². The van der Waals surface area contributed by atoms with E-state index >= 15 is 0 Å². The molecule has 0 aliphatic heterocycles. The van der Waals surface area contributed by atoms with Crippen LogP contribution in [0.15, 0.2) is 59.9 Å². The second kappa shape index (κ2) is 9.91. The lowest BCUT2D eigenvalue weighted by Crippen LogP contribution is -2.17. The molecule has 0 bridgehead atoms. The second-order valence-corrected chi connectivity index (χ2v) is 5.59. The third-order valence-electron chi connectivity index (χ3n) is 3.61. The molecule has 2 aromatic rings. The van der Waals surface area contributed by atoms with E-state index in [1.54, 1.807) is 19.9 Å². The normalized spacial score (nSPS) is 11.8. The molecular weight excluding hydrogens is 362 g/mol. The van der Waals surface area contributed by atoms with E-state index in [1.807, 2.05) is 36.4 Å². The number of benzene rings is 1. The lowest BCUT2D eigenvalue weighted by Gasteiger charge is -2.06. The van der Waals surface area contributed by atoms with Gasteiger partial charge in [-0.2, -0.15) is 0 Å². The number of carbonyl (C=O) groups is 3. The first-order chi connectivity index (χ1) is 13.5. The van der Waals surface area contributed by atoms with Gasteiger partial charge in [0.25, 0.3) is 5.78 Å². The number of aliphatic hydroxyl groups excluding tert-OH is 1. The van der Waals surface area contributed by atoms with E-state index in [9.17, 15) is 19.5 Å². The molecule has 1 aromatic carbocycles. The second-order valence-electron chi connectivity index (χ2n) is 5.59. The van der Waals surface area contributed by atoms with Crippen LogP contribution in [0.2, 0.25) is 0 Å². The molecule has 1 heterocycles. The molecule has 2 rings (SSSR count). The van der Waals surface area contributed by atoms with E-state index in [-0.39, 0.29) is 18.8 Å². The topological polar surface area (TPSA) is 106 Å². The fourth-order valence-electron chi connectivity index (χ4n) is 2.35. The number of nitrogens with one attached hydrogen (secondary N) is 1. The number of aliphatic hydroxyl groups is 1. The van der Waals surface area contributed by atoms with Crippen molar-refractivity contribution in [1.82, 2.24) is 4.98 Å². The zero-order chi connectivity index (χ0) is 20.5. The predicted octanol–water partition coefficient (Wildman–Crippen LogP) is 3.20. The van der Waals surface area contributed by atoms with Crippen molar-refractivity contribution in [3.05, 3.63) is 65.6 Å². The summed E-state index contributed by atoms with van der Waals surface area (Å²) in [5.74, 6) is -3.72. The van der Waals surface area contributed by atoms with Crippen molar-refractivity contribution in [3.8, 4) is 11.3 Å². The van der Waals surface area contributed by atoms with E-state index in [1.165, 1.54) is 6.08 Å². The van der Waals surface area contributed by atoms with Gasteiger partial charge in [0.2, 0.25) is 0 Å². The fraction of sp³-hybridized carbons (Fsp3) is 0.190. The van der Waals surface area contributed by atoms with Crippen molar-refractivity contribution in [2.24, 2.45) is 0 Å². The standard InChI is InChI=1S/C21H21NO6/c1-3-27-20(25)16(18(23)13-19(24)21(26)28-4-2)12-15-10-11-17(22-15)14-8-6-5-7-9-14/h5-13,22-23H,3-4H2,1-2H3/b16-12-,18-13-. The number of hydrogen-bond acceptors (Lipinski definition) is 6. The molecule has 0 fully saturated rings. The van der Waals surface area contributed by atoms with Gasteiger partial charge in [0.15, 0.2) is 0 Å². The number of rotatable bonds is 8. The molecule has 0 amide bonds. The van der Waals surface area contributed by atoms with E-state index in [0.717, 1.165) is 11.3 Å². The first kappa shape index (κ1) is 20.7. The maximum Gasteiger partial charge on any atom is 0.379 e. The highest BCUT2D eigenvalue weighted by Gasteiger charge is 2.20. The average molecular weight is 383 g/mol. The average Bonchev–Trinajstić information content (AvgIpc) is 3.15. The summed E-state index contributed by atoms with van der Waals surface area (Å²) in [4.78, 5) is 38.5.